The third-order valence-corrected chi connectivity index (χ3v) is 2.03. The first kappa shape index (κ1) is 13.3. The molecule has 1 aromatic rings. The topological polar surface area (TPSA) is 68.2 Å². The monoisotopic (exact) mass is 242 g/mol. The Hall–Kier alpha value is -1.78. The minimum Gasteiger partial charge on any atom is -0.504 e. The number of ether oxygens (including phenoxy) is 3. The summed E-state index contributed by atoms with van der Waals surface area (Å²) < 4.78 is 15.7. The van der Waals surface area contributed by atoms with Crippen LogP contribution in [0.25, 0.3) is 0 Å². The molecule has 0 fully saturated rings. The van der Waals surface area contributed by atoms with Crippen molar-refractivity contribution in [1.29, 1.82) is 0 Å². The number of hydrogen-bond donors (Lipinski definition) is 2. The molecule has 0 spiro atoms. The summed E-state index contributed by atoms with van der Waals surface area (Å²) >= 11 is 0. The van der Waals surface area contributed by atoms with Crippen LogP contribution in [0.4, 0.5) is 0 Å². The van der Waals surface area contributed by atoms with E-state index in [9.17, 15) is 10.2 Å². The lowest BCUT2D eigenvalue weighted by Gasteiger charge is -2.16. The van der Waals surface area contributed by atoms with Crippen LogP contribution in [0, 0.1) is 0 Å². The zero-order valence-corrected chi connectivity index (χ0v) is 10.3. The van der Waals surface area contributed by atoms with Crippen molar-refractivity contribution in [2.45, 2.75) is 20.8 Å². The Morgan fingerprint density at radius 1 is 0.882 bits per heavy atom. The molecule has 0 amide bonds. The summed E-state index contributed by atoms with van der Waals surface area (Å²) in [4.78, 5) is 0. The Kier molecular flexibility index (Phi) is 4.75. The average molecular weight is 242 g/mol. The smallest absolute Gasteiger partial charge is 0.211 e. The number of benzene rings is 1. The van der Waals surface area contributed by atoms with Crippen molar-refractivity contribution in [3.63, 3.8) is 0 Å². The molecule has 1 rings (SSSR count). The Balaban J connectivity index is 3.25. The molecule has 0 atom stereocenters. The van der Waals surface area contributed by atoms with Crippen molar-refractivity contribution in [2.75, 3.05) is 19.8 Å². The van der Waals surface area contributed by atoms with Crippen molar-refractivity contribution in [3.05, 3.63) is 6.07 Å². The van der Waals surface area contributed by atoms with Gasteiger partial charge in [-0.3, -0.25) is 0 Å². The van der Waals surface area contributed by atoms with Gasteiger partial charge in [-0.2, -0.15) is 0 Å². The van der Waals surface area contributed by atoms with Crippen LogP contribution in [0.3, 0.4) is 0 Å². The molecule has 96 valence electrons. The minimum atomic E-state index is -0.157. The predicted octanol–water partition coefficient (Wildman–Crippen LogP) is 2.29. The summed E-state index contributed by atoms with van der Waals surface area (Å²) in [6.07, 6.45) is 0. The fraction of sp³-hybridized carbons (Fsp3) is 0.500. The Morgan fingerprint density at radius 2 is 1.41 bits per heavy atom. The molecule has 5 heteroatoms. The Labute approximate surface area is 101 Å². The van der Waals surface area contributed by atoms with Crippen molar-refractivity contribution < 1.29 is 24.4 Å². The van der Waals surface area contributed by atoms with Crippen LogP contribution in [-0.4, -0.2) is 30.0 Å². The number of aromatic hydroxyl groups is 2. The van der Waals surface area contributed by atoms with Gasteiger partial charge in [-0.25, -0.2) is 0 Å². The van der Waals surface area contributed by atoms with E-state index in [0.29, 0.717) is 19.8 Å². The largest absolute Gasteiger partial charge is 0.504 e. The lowest BCUT2D eigenvalue weighted by atomic mass is 10.2. The molecule has 2 N–H and O–H groups in total. The molecule has 0 aromatic heterocycles. The molecule has 17 heavy (non-hydrogen) atoms. The van der Waals surface area contributed by atoms with Crippen molar-refractivity contribution in [2.24, 2.45) is 0 Å². The van der Waals surface area contributed by atoms with Crippen LogP contribution >= 0.6 is 0 Å². The lowest BCUT2D eigenvalue weighted by Crippen LogP contribution is -2.01. The van der Waals surface area contributed by atoms with Crippen LogP contribution in [0.1, 0.15) is 20.8 Å². The van der Waals surface area contributed by atoms with E-state index in [1.807, 2.05) is 0 Å². The third kappa shape index (κ3) is 2.87. The molecular formula is C12H18O5. The van der Waals surface area contributed by atoms with Crippen molar-refractivity contribution >= 4 is 0 Å². The standard InChI is InChI=1S/C12H18O5/c1-4-15-9-7-8(13)11(16-5-2)12(10(9)14)17-6-3/h7,13-14H,4-6H2,1-3H3. The van der Waals surface area contributed by atoms with E-state index < -0.39 is 0 Å². The van der Waals surface area contributed by atoms with Gasteiger partial charge in [-0.05, 0) is 20.8 Å². The summed E-state index contributed by atoms with van der Waals surface area (Å²) in [5, 5.41) is 19.7. The van der Waals surface area contributed by atoms with Gasteiger partial charge in [0.1, 0.15) is 0 Å². The number of hydrogen-bond acceptors (Lipinski definition) is 5. The summed E-state index contributed by atoms with van der Waals surface area (Å²) in [7, 11) is 0. The van der Waals surface area contributed by atoms with E-state index in [-0.39, 0.29) is 28.7 Å². The minimum absolute atomic E-state index is 0.109. The van der Waals surface area contributed by atoms with Crippen molar-refractivity contribution in [1.82, 2.24) is 0 Å². The van der Waals surface area contributed by atoms with Crippen LogP contribution in [-0.2, 0) is 0 Å². The van der Waals surface area contributed by atoms with E-state index in [1.54, 1.807) is 20.8 Å². The SMILES string of the molecule is CCOc1cc(O)c(OCC)c(OCC)c1O. The normalized spacial score (nSPS) is 10.1. The summed E-state index contributed by atoms with van der Waals surface area (Å²) in [6.45, 7) is 6.44. The number of phenols is 2. The van der Waals surface area contributed by atoms with Gasteiger partial charge in [-0.15, -0.1) is 0 Å². The van der Waals surface area contributed by atoms with Gasteiger partial charge < -0.3 is 24.4 Å². The van der Waals surface area contributed by atoms with Crippen molar-refractivity contribution in [3.8, 4) is 28.7 Å². The second-order valence-electron chi connectivity index (χ2n) is 3.20. The van der Waals surface area contributed by atoms with Crippen LogP contribution in [0.2, 0.25) is 0 Å². The van der Waals surface area contributed by atoms with E-state index in [0.717, 1.165) is 0 Å². The highest BCUT2D eigenvalue weighted by Crippen LogP contribution is 2.49. The van der Waals surface area contributed by atoms with Gasteiger partial charge in [0.2, 0.25) is 17.2 Å². The van der Waals surface area contributed by atoms with E-state index >= 15 is 0 Å². The zero-order chi connectivity index (χ0) is 12.8. The van der Waals surface area contributed by atoms with Gasteiger partial charge in [-0.1, -0.05) is 0 Å². The molecule has 0 aliphatic heterocycles. The molecule has 0 bridgehead atoms. The molecule has 0 radical (unpaired) electrons. The summed E-state index contributed by atoms with van der Waals surface area (Å²) in [5.41, 5.74) is 0. The first-order valence-electron chi connectivity index (χ1n) is 5.62. The van der Waals surface area contributed by atoms with Gasteiger partial charge >= 0.3 is 0 Å². The van der Waals surface area contributed by atoms with E-state index in [2.05, 4.69) is 0 Å². The lowest BCUT2D eigenvalue weighted by molar-refractivity contribution is 0.253. The van der Waals surface area contributed by atoms with Gasteiger partial charge in [0.15, 0.2) is 11.5 Å². The Bertz CT molecular complexity index is 376. The molecule has 0 aliphatic rings. The second-order valence-corrected chi connectivity index (χ2v) is 3.20. The maximum atomic E-state index is 9.94. The highest BCUT2D eigenvalue weighted by atomic mass is 16.5. The predicted molar refractivity (Wildman–Crippen MR) is 63.3 cm³/mol. The van der Waals surface area contributed by atoms with Crippen LogP contribution < -0.4 is 14.2 Å². The van der Waals surface area contributed by atoms with Gasteiger partial charge in [0.25, 0.3) is 0 Å². The highest BCUT2D eigenvalue weighted by Gasteiger charge is 2.20. The molecule has 0 unspecified atom stereocenters. The fourth-order valence-corrected chi connectivity index (χ4v) is 1.42. The van der Waals surface area contributed by atoms with E-state index in [1.165, 1.54) is 6.07 Å². The first-order chi connectivity index (χ1) is 8.15. The Morgan fingerprint density at radius 3 is 1.94 bits per heavy atom. The van der Waals surface area contributed by atoms with Gasteiger partial charge in [0.05, 0.1) is 19.8 Å². The third-order valence-electron chi connectivity index (χ3n) is 2.03. The highest BCUT2D eigenvalue weighted by molar-refractivity contribution is 5.64. The van der Waals surface area contributed by atoms with Crippen LogP contribution in [0.5, 0.6) is 28.7 Å². The number of phenolic OH excluding ortho intramolecular Hbond substituents is 2. The van der Waals surface area contributed by atoms with Crippen LogP contribution in [0.15, 0.2) is 6.07 Å². The maximum absolute atomic E-state index is 9.94. The second kappa shape index (κ2) is 6.08. The first-order valence-corrected chi connectivity index (χ1v) is 5.62. The molecule has 0 aliphatic carbocycles. The molecule has 0 heterocycles. The molecule has 5 nitrogen and oxygen atoms in total. The molecule has 0 saturated heterocycles. The average Bonchev–Trinajstić information content (AvgIpc) is 2.30. The summed E-state index contributed by atoms with van der Waals surface area (Å²) in [6, 6.07) is 1.31. The maximum Gasteiger partial charge on any atom is 0.211 e. The quantitative estimate of drug-likeness (QED) is 0.749. The molecule has 1 aromatic carbocycles. The zero-order valence-electron chi connectivity index (χ0n) is 10.3. The fourth-order valence-electron chi connectivity index (χ4n) is 1.42. The molecule has 0 saturated carbocycles. The van der Waals surface area contributed by atoms with E-state index in [4.69, 9.17) is 14.2 Å². The summed E-state index contributed by atoms with van der Waals surface area (Å²) in [5.74, 6) is 0.150. The number of rotatable bonds is 6. The van der Waals surface area contributed by atoms with Gasteiger partial charge in [0, 0.05) is 6.07 Å². The molecular weight excluding hydrogens is 224 g/mol.